The largest absolute Gasteiger partial charge is 0.376 e. The molecule has 0 bridgehead atoms. The number of thioether (sulfide) groups is 1. The minimum absolute atomic E-state index is 0.144. The Bertz CT molecular complexity index is 894. The van der Waals surface area contributed by atoms with Crippen LogP contribution in [0.4, 0.5) is 0 Å². The van der Waals surface area contributed by atoms with E-state index in [-0.39, 0.29) is 11.8 Å². The lowest BCUT2D eigenvalue weighted by molar-refractivity contribution is 0.0947. The Hall–Kier alpha value is -1.01. The lowest BCUT2D eigenvalue weighted by Crippen LogP contribution is -2.33. The summed E-state index contributed by atoms with van der Waals surface area (Å²) < 4.78 is 7.61. The van der Waals surface area contributed by atoms with Crippen molar-refractivity contribution in [2.75, 3.05) is 6.61 Å². The maximum absolute atomic E-state index is 12.8. The van der Waals surface area contributed by atoms with Crippen molar-refractivity contribution in [2.24, 2.45) is 0 Å². The highest BCUT2D eigenvalue weighted by molar-refractivity contribution is 7.98. The van der Waals surface area contributed by atoms with Crippen LogP contribution in [0.15, 0.2) is 28.0 Å². The van der Waals surface area contributed by atoms with E-state index >= 15 is 0 Å². The first-order chi connectivity index (χ1) is 13.1. The van der Waals surface area contributed by atoms with Gasteiger partial charge in [0, 0.05) is 23.6 Å². The van der Waals surface area contributed by atoms with Gasteiger partial charge in [-0.3, -0.25) is 4.57 Å². The Labute approximate surface area is 173 Å². The minimum Gasteiger partial charge on any atom is -0.376 e. The molecule has 0 saturated carbocycles. The molecule has 7 heteroatoms. The smallest absolute Gasteiger partial charge is 0.348 e. The second-order valence-corrected chi connectivity index (χ2v) is 8.89. The first kappa shape index (κ1) is 19.3. The van der Waals surface area contributed by atoms with E-state index in [4.69, 9.17) is 27.9 Å². The van der Waals surface area contributed by atoms with Crippen LogP contribution in [-0.2, 0) is 29.9 Å². The molecule has 1 aromatic carbocycles. The van der Waals surface area contributed by atoms with Crippen LogP contribution in [0, 0.1) is 0 Å². The molecule has 1 saturated heterocycles. The molecule has 27 heavy (non-hydrogen) atoms. The zero-order valence-electron chi connectivity index (χ0n) is 15.0. The normalized spacial score (nSPS) is 19.3. The van der Waals surface area contributed by atoms with Crippen LogP contribution in [0.25, 0.3) is 0 Å². The van der Waals surface area contributed by atoms with Crippen molar-refractivity contribution < 1.29 is 4.74 Å². The highest BCUT2D eigenvalue weighted by atomic mass is 35.5. The van der Waals surface area contributed by atoms with Crippen LogP contribution in [0.3, 0.4) is 0 Å². The molecule has 0 N–H and O–H groups in total. The van der Waals surface area contributed by atoms with Crippen molar-refractivity contribution in [3.05, 3.63) is 55.5 Å². The van der Waals surface area contributed by atoms with E-state index in [1.165, 1.54) is 5.56 Å². The highest BCUT2D eigenvalue weighted by Gasteiger charge is 2.24. The van der Waals surface area contributed by atoms with E-state index < -0.39 is 0 Å². The third kappa shape index (κ3) is 4.37. The monoisotopic (exact) mass is 424 g/mol. The van der Waals surface area contributed by atoms with Crippen molar-refractivity contribution in [1.29, 1.82) is 0 Å². The molecule has 4 nitrogen and oxygen atoms in total. The van der Waals surface area contributed by atoms with Gasteiger partial charge in [-0.25, -0.2) is 4.79 Å². The third-order valence-corrected chi connectivity index (χ3v) is 7.05. The minimum atomic E-state index is -0.150. The molecule has 2 aliphatic rings. The van der Waals surface area contributed by atoms with E-state index in [2.05, 4.69) is 4.98 Å². The van der Waals surface area contributed by atoms with Gasteiger partial charge >= 0.3 is 5.69 Å². The zero-order chi connectivity index (χ0) is 18.8. The Balaban J connectivity index is 1.60. The number of hydrogen-bond acceptors (Lipinski definition) is 4. The lowest BCUT2D eigenvalue weighted by atomic mass is 9.97. The molecule has 1 fully saturated rings. The summed E-state index contributed by atoms with van der Waals surface area (Å²) in [5.74, 6) is 0.714. The maximum atomic E-state index is 12.8. The van der Waals surface area contributed by atoms with Crippen molar-refractivity contribution >= 4 is 35.0 Å². The SMILES string of the molecule is O=c1nc(SCc2ccc(Cl)c(Cl)c2)c2c(n1C[C@H]1CCCO1)CCCC2. The zero-order valence-corrected chi connectivity index (χ0v) is 17.4. The van der Waals surface area contributed by atoms with Gasteiger partial charge in [-0.15, -0.1) is 11.8 Å². The average molecular weight is 425 g/mol. The van der Waals surface area contributed by atoms with Crippen LogP contribution in [0.5, 0.6) is 0 Å². The highest BCUT2D eigenvalue weighted by Crippen LogP contribution is 2.32. The van der Waals surface area contributed by atoms with Crippen molar-refractivity contribution in [3.8, 4) is 0 Å². The molecule has 2 aromatic rings. The second-order valence-electron chi connectivity index (χ2n) is 7.11. The predicted octanol–water partition coefficient (Wildman–Crippen LogP) is 4.90. The first-order valence-electron chi connectivity index (χ1n) is 9.43. The van der Waals surface area contributed by atoms with E-state index in [9.17, 15) is 4.79 Å². The number of nitrogens with zero attached hydrogens (tertiary/aromatic N) is 2. The van der Waals surface area contributed by atoms with Gasteiger partial charge in [0.25, 0.3) is 0 Å². The molecule has 1 aromatic heterocycles. The molecular weight excluding hydrogens is 403 g/mol. The summed E-state index contributed by atoms with van der Waals surface area (Å²) in [6.45, 7) is 1.43. The molecule has 2 heterocycles. The molecule has 1 atom stereocenters. The summed E-state index contributed by atoms with van der Waals surface area (Å²) in [5.41, 5.74) is 3.32. The van der Waals surface area contributed by atoms with Gasteiger partial charge in [-0.2, -0.15) is 4.98 Å². The van der Waals surface area contributed by atoms with Gasteiger partial charge in [0.1, 0.15) is 5.03 Å². The molecule has 144 valence electrons. The molecule has 0 unspecified atom stereocenters. The Morgan fingerprint density at radius 1 is 1.19 bits per heavy atom. The fourth-order valence-corrected chi connectivity index (χ4v) is 5.17. The summed E-state index contributed by atoms with van der Waals surface area (Å²) >= 11 is 13.7. The molecule has 4 rings (SSSR count). The van der Waals surface area contributed by atoms with Gasteiger partial charge in [-0.1, -0.05) is 29.3 Å². The topological polar surface area (TPSA) is 44.1 Å². The molecule has 0 spiro atoms. The van der Waals surface area contributed by atoms with Crippen LogP contribution in [0.1, 0.15) is 42.5 Å². The van der Waals surface area contributed by atoms with Crippen molar-refractivity contribution in [3.63, 3.8) is 0 Å². The number of halogens is 2. The summed E-state index contributed by atoms with van der Waals surface area (Å²) in [5, 5.41) is 1.97. The number of ether oxygens (including phenoxy) is 1. The van der Waals surface area contributed by atoms with E-state index in [1.807, 2.05) is 22.8 Å². The van der Waals surface area contributed by atoms with Crippen LogP contribution in [-0.4, -0.2) is 22.3 Å². The second kappa shape index (κ2) is 8.56. The molecule has 0 radical (unpaired) electrons. The van der Waals surface area contributed by atoms with Crippen LogP contribution < -0.4 is 5.69 Å². The van der Waals surface area contributed by atoms with Crippen molar-refractivity contribution in [2.45, 2.75) is 62.0 Å². The number of benzene rings is 1. The van der Waals surface area contributed by atoms with Gasteiger partial charge in [0.2, 0.25) is 0 Å². The van der Waals surface area contributed by atoms with Gasteiger partial charge in [0.15, 0.2) is 0 Å². The maximum Gasteiger partial charge on any atom is 0.348 e. The standard InChI is InChI=1S/C20H22Cl2N2O2S/c21-16-8-7-13(10-17(16)22)12-27-19-15-5-1-2-6-18(15)24(20(25)23-19)11-14-4-3-9-26-14/h7-8,10,14H,1-6,9,11-12H2/t14-/m1/s1. The fraction of sp³-hybridized carbons (Fsp3) is 0.500. The average Bonchev–Trinajstić information content (AvgIpc) is 3.18. The quantitative estimate of drug-likeness (QED) is 0.505. The molecule has 1 aliphatic carbocycles. The predicted molar refractivity (Wildman–Crippen MR) is 110 cm³/mol. The van der Waals surface area contributed by atoms with Crippen LogP contribution >= 0.6 is 35.0 Å². The fourth-order valence-electron chi connectivity index (χ4n) is 3.83. The molecule has 1 aliphatic heterocycles. The Morgan fingerprint density at radius 2 is 2.04 bits per heavy atom. The number of hydrogen-bond donors (Lipinski definition) is 0. The number of fused-ring (bicyclic) bond motifs is 1. The Morgan fingerprint density at radius 3 is 2.81 bits per heavy atom. The molecule has 0 amide bonds. The summed E-state index contributed by atoms with van der Waals surface area (Å²) in [4.78, 5) is 17.2. The molecular formula is C20H22Cl2N2O2S. The lowest BCUT2D eigenvalue weighted by Gasteiger charge is -2.24. The van der Waals surface area contributed by atoms with Gasteiger partial charge in [-0.05, 0) is 56.2 Å². The Kier molecular flexibility index (Phi) is 6.12. The van der Waals surface area contributed by atoms with Crippen molar-refractivity contribution in [1.82, 2.24) is 9.55 Å². The first-order valence-corrected chi connectivity index (χ1v) is 11.2. The van der Waals surface area contributed by atoms with E-state index in [1.54, 1.807) is 11.8 Å². The van der Waals surface area contributed by atoms with E-state index in [0.717, 1.165) is 61.4 Å². The summed E-state index contributed by atoms with van der Waals surface area (Å²) in [7, 11) is 0. The summed E-state index contributed by atoms with van der Waals surface area (Å²) in [6, 6.07) is 5.65. The van der Waals surface area contributed by atoms with E-state index in [0.29, 0.717) is 22.3 Å². The number of aromatic nitrogens is 2. The summed E-state index contributed by atoms with van der Waals surface area (Å²) in [6.07, 6.45) is 6.44. The number of rotatable bonds is 5. The third-order valence-electron chi connectivity index (χ3n) is 5.22. The van der Waals surface area contributed by atoms with Gasteiger partial charge < -0.3 is 4.74 Å². The van der Waals surface area contributed by atoms with Gasteiger partial charge in [0.05, 0.1) is 22.7 Å². The van der Waals surface area contributed by atoms with Crippen LogP contribution in [0.2, 0.25) is 10.0 Å².